The lowest BCUT2D eigenvalue weighted by Gasteiger charge is -2.17. The molecule has 2 rings (SSSR count). The number of amides is 1. The predicted octanol–water partition coefficient (Wildman–Crippen LogP) is 3.97. The third kappa shape index (κ3) is 6.08. The number of rotatable bonds is 11. The Morgan fingerprint density at radius 1 is 1.00 bits per heavy atom. The normalized spacial score (nSPS) is 11.4. The highest BCUT2D eigenvalue weighted by molar-refractivity contribution is 5.80. The molecule has 152 valence electrons. The Morgan fingerprint density at radius 3 is 2.39 bits per heavy atom. The highest BCUT2D eigenvalue weighted by Gasteiger charge is 2.16. The lowest BCUT2D eigenvalue weighted by Crippen LogP contribution is -2.35. The second-order valence-electron chi connectivity index (χ2n) is 6.32. The first kappa shape index (κ1) is 21.4. The maximum Gasteiger partial charge on any atom is 0.261 e. The average molecular weight is 387 g/mol. The van der Waals surface area contributed by atoms with Gasteiger partial charge in [-0.3, -0.25) is 4.79 Å². The second-order valence-corrected chi connectivity index (χ2v) is 6.32. The fraction of sp³-hybridized carbons (Fsp3) is 0.409. The van der Waals surface area contributed by atoms with E-state index >= 15 is 0 Å². The van der Waals surface area contributed by atoms with Gasteiger partial charge in [0.25, 0.3) is 5.91 Å². The van der Waals surface area contributed by atoms with E-state index in [1.54, 1.807) is 33.3 Å². The first-order valence-electron chi connectivity index (χ1n) is 9.46. The number of nitrogens with one attached hydrogen (secondary N) is 1. The van der Waals surface area contributed by atoms with Crippen molar-refractivity contribution in [2.75, 3.05) is 20.8 Å². The summed E-state index contributed by atoms with van der Waals surface area (Å²) in [5.74, 6) is 2.27. The highest BCUT2D eigenvalue weighted by atomic mass is 16.5. The molecule has 0 aliphatic carbocycles. The van der Waals surface area contributed by atoms with Gasteiger partial charge in [0.15, 0.2) is 29.1 Å². The number of hydrogen-bond acceptors (Lipinski definition) is 5. The van der Waals surface area contributed by atoms with Crippen LogP contribution in [-0.4, -0.2) is 32.8 Å². The molecule has 0 bridgehead atoms. The van der Waals surface area contributed by atoms with Crippen LogP contribution in [0.3, 0.4) is 0 Å². The van der Waals surface area contributed by atoms with E-state index < -0.39 is 6.10 Å². The summed E-state index contributed by atoms with van der Waals surface area (Å²) in [5.41, 5.74) is 0.914. The van der Waals surface area contributed by atoms with Gasteiger partial charge < -0.3 is 24.3 Å². The molecule has 0 fully saturated rings. The van der Waals surface area contributed by atoms with E-state index in [-0.39, 0.29) is 5.91 Å². The molecule has 1 N–H and O–H groups in total. The van der Waals surface area contributed by atoms with Gasteiger partial charge in [0.05, 0.1) is 20.8 Å². The number of hydrogen-bond donors (Lipinski definition) is 1. The van der Waals surface area contributed by atoms with E-state index in [4.69, 9.17) is 18.9 Å². The van der Waals surface area contributed by atoms with Crippen molar-refractivity contribution in [3.63, 3.8) is 0 Å². The fourth-order valence-electron chi connectivity index (χ4n) is 2.56. The molecule has 0 aliphatic heterocycles. The molecule has 1 unspecified atom stereocenters. The smallest absolute Gasteiger partial charge is 0.261 e. The Bertz CT molecular complexity index is 762. The summed E-state index contributed by atoms with van der Waals surface area (Å²) in [6.45, 7) is 4.84. The zero-order valence-corrected chi connectivity index (χ0v) is 17.0. The number of methoxy groups -OCH3 is 2. The first-order valence-corrected chi connectivity index (χ1v) is 9.46. The first-order chi connectivity index (χ1) is 13.6. The van der Waals surface area contributed by atoms with Gasteiger partial charge in [0, 0.05) is 6.54 Å². The number of benzene rings is 2. The standard InChI is InChI=1S/C22H29NO5/c1-5-6-13-27-19-12-11-17(14-21(19)26-4)15-23-22(24)16(2)28-20-10-8-7-9-18(20)25-3/h7-12,14,16H,5-6,13,15H2,1-4H3,(H,23,24). The van der Waals surface area contributed by atoms with E-state index in [1.165, 1.54) is 0 Å². The third-order valence-corrected chi connectivity index (χ3v) is 4.19. The van der Waals surface area contributed by atoms with Gasteiger partial charge in [0.1, 0.15) is 0 Å². The fourth-order valence-corrected chi connectivity index (χ4v) is 2.56. The zero-order chi connectivity index (χ0) is 20.4. The minimum Gasteiger partial charge on any atom is -0.493 e. The maximum absolute atomic E-state index is 12.4. The third-order valence-electron chi connectivity index (χ3n) is 4.19. The largest absolute Gasteiger partial charge is 0.493 e. The van der Waals surface area contributed by atoms with Crippen LogP contribution >= 0.6 is 0 Å². The highest BCUT2D eigenvalue weighted by Crippen LogP contribution is 2.29. The lowest BCUT2D eigenvalue weighted by molar-refractivity contribution is -0.127. The Hall–Kier alpha value is -2.89. The SMILES string of the molecule is CCCCOc1ccc(CNC(=O)C(C)Oc2ccccc2OC)cc1OC. The number of carbonyl (C=O) groups is 1. The van der Waals surface area contributed by atoms with Crippen molar-refractivity contribution in [1.82, 2.24) is 5.32 Å². The number of carbonyl (C=O) groups excluding carboxylic acids is 1. The van der Waals surface area contributed by atoms with Gasteiger partial charge >= 0.3 is 0 Å². The molecule has 2 aromatic carbocycles. The monoisotopic (exact) mass is 387 g/mol. The minimum absolute atomic E-state index is 0.215. The van der Waals surface area contributed by atoms with Gasteiger partial charge in [-0.2, -0.15) is 0 Å². The molecule has 0 heterocycles. The predicted molar refractivity (Wildman–Crippen MR) is 108 cm³/mol. The van der Waals surface area contributed by atoms with Gasteiger partial charge in [-0.1, -0.05) is 31.5 Å². The zero-order valence-electron chi connectivity index (χ0n) is 17.0. The quantitative estimate of drug-likeness (QED) is 0.591. The summed E-state index contributed by atoms with van der Waals surface area (Å²) >= 11 is 0. The van der Waals surface area contributed by atoms with Crippen LogP contribution in [0.15, 0.2) is 42.5 Å². The van der Waals surface area contributed by atoms with Crippen LogP contribution in [-0.2, 0) is 11.3 Å². The Labute approximate surface area is 166 Å². The lowest BCUT2D eigenvalue weighted by atomic mass is 10.2. The molecule has 6 nitrogen and oxygen atoms in total. The van der Waals surface area contributed by atoms with Crippen LogP contribution in [0.25, 0.3) is 0 Å². The van der Waals surface area contributed by atoms with Crippen molar-refractivity contribution in [2.45, 2.75) is 39.3 Å². The molecular formula is C22H29NO5. The molecule has 0 aromatic heterocycles. The van der Waals surface area contributed by atoms with Crippen molar-refractivity contribution < 1.29 is 23.7 Å². The number of unbranched alkanes of at least 4 members (excludes halogenated alkanes) is 1. The minimum atomic E-state index is -0.658. The molecule has 0 radical (unpaired) electrons. The summed E-state index contributed by atoms with van der Waals surface area (Å²) in [4.78, 5) is 12.4. The molecule has 0 saturated heterocycles. The summed E-state index contributed by atoms with van der Waals surface area (Å²) in [6.07, 6.45) is 1.40. The van der Waals surface area contributed by atoms with Crippen molar-refractivity contribution in [2.24, 2.45) is 0 Å². The molecule has 0 spiro atoms. The van der Waals surface area contributed by atoms with Gasteiger partial charge in [-0.05, 0) is 43.2 Å². The second kappa shape index (κ2) is 11.1. The van der Waals surface area contributed by atoms with Gasteiger partial charge in [-0.25, -0.2) is 0 Å². The van der Waals surface area contributed by atoms with Crippen molar-refractivity contribution in [1.29, 1.82) is 0 Å². The molecule has 28 heavy (non-hydrogen) atoms. The maximum atomic E-state index is 12.4. The summed E-state index contributed by atoms with van der Waals surface area (Å²) in [7, 11) is 3.17. The molecule has 6 heteroatoms. The topological polar surface area (TPSA) is 66.0 Å². The molecule has 2 aromatic rings. The molecule has 0 aliphatic rings. The number of para-hydroxylation sites is 2. The number of ether oxygens (including phenoxy) is 4. The van der Waals surface area contributed by atoms with E-state index in [0.29, 0.717) is 36.1 Å². The van der Waals surface area contributed by atoms with Crippen LogP contribution in [0, 0.1) is 0 Å². The Kier molecular flexibility index (Phi) is 8.46. The average Bonchev–Trinajstić information content (AvgIpc) is 2.73. The van der Waals surface area contributed by atoms with E-state index in [9.17, 15) is 4.79 Å². The van der Waals surface area contributed by atoms with Crippen molar-refractivity contribution in [3.8, 4) is 23.0 Å². The summed E-state index contributed by atoms with van der Waals surface area (Å²) in [5, 5.41) is 2.88. The van der Waals surface area contributed by atoms with Crippen molar-refractivity contribution in [3.05, 3.63) is 48.0 Å². The van der Waals surface area contributed by atoms with Crippen LogP contribution < -0.4 is 24.3 Å². The van der Waals surface area contributed by atoms with Crippen LogP contribution in [0.2, 0.25) is 0 Å². The Morgan fingerprint density at radius 2 is 1.71 bits per heavy atom. The van der Waals surface area contributed by atoms with Gasteiger partial charge in [0.2, 0.25) is 0 Å². The summed E-state index contributed by atoms with van der Waals surface area (Å²) < 4.78 is 22.1. The van der Waals surface area contributed by atoms with E-state index in [1.807, 2.05) is 30.3 Å². The van der Waals surface area contributed by atoms with E-state index in [0.717, 1.165) is 18.4 Å². The Balaban J connectivity index is 1.92. The molecular weight excluding hydrogens is 358 g/mol. The van der Waals surface area contributed by atoms with Crippen LogP contribution in [0.1, 0.15) is 32.3 Å². The summed E-state index contributed by atoms with van der Waals surface area (Å²) in [6, 6.07) is 12.9. The van der Waals surface area contributed by atoms with Gasteiger partial charge in [-0.15, -0.1) is 0 Å². The van der Waals surface area contributed by atoms with E-state index in [2.05, 4.69) is 12.2 Å². The van der Waals surface area contributed by atoms with Crippen LogP contribution in [0.5, 0.6) is 23.0 Å². The van der Waals surface area contributed by atoms with Crippen LogP contribution in [0.4, 0.5) is 0 Å². The van der Waals surface area contributed by atoms with Crippen molar-refractivity contribution >= 4 is 5.91 Å². The molecule has 0 saturated carbocycles. The molecule has 1 atom stereocenters. The molecule has 1 amide bonds.